The fraction of sp³-hybridized carbons (Fsp3) is 0.115. The van der Waals surface area contributed by atoms with E-state index in [9.17, 15) is 14.0 Å². The van der Waals surface area contributed by atoms with Crippen LogP contribution in [-0.4, -0.2) is 22.6 Å². The lowest BCUT2D eigenvalue weighted by Crippen LogP contribution is -2.18. The fourth-order valence-corrected chi connectivity index (χ4v) is 3.78. The van der Waals surface area contributed by atoms with Crippen molar-refractivity contribution in [1.29, 1.82) is 0 Å². The second kappa shape index (κ2) is 9.48. The molecule has 0 saturated heterocycles. The first-order valence-corrected chi connectivity index (χ1v) is 10.5. The van der Waals surface area contributed by atoms with Gasteiger partial charge in [-0.3, -0.25) is 9.59 Å². The minimum atomic E-state index is -0.397. The lowest BCUT2D eigenvalue weighted by Gasteiger charge is -2.09. The Bertz CT molecular complexity index is 1370. The molecule has 7 heteroatoms. The van der Waals surface area contributed by atoms with E-state index in [4.69, 9.17) is 0 Å². The van der Waals surface area contributed by atoms with Gasteiger partial charge in [-0.2, -0.15) is 5.10 Å². The van der Waals surface area contributed by atoms with Crippen molar-refractivity contribution in [3.05, 3.63) is 101 Å². The first-order valence-electron chi connectivity index (χ1n) is 10.5. The van der Waals surface area contributed by atoms with Crippen molar-refractivity contribution in [3.63, 3.8) is 0 Å². The van der Waals surface area contributed by atoms with Crippen molar-refractivity contribution < 1.29 is 14.0 Å². The first kappa shape index (κ1) is 22.0. The van der Waals surface area contributed by atoms with E-state index in [-0.39, 0.29) is 11.7 Å². The smallest absolute Gasteiger partial charge is 0.271 e. The molecule has 33 heavy (non-hydrogen) atoms. The molecule has 0 aliphatic carbocycles. The average Bonchev–Trinajstić information content (AvgIpc) is 3.06. The topological polar surface area (TPSA) is 75.5 Å². The summed E-state index contributed by atoms with van der Waals surface area (Å²) in [6.07, 6.45) is 1.60. The highest BCUT2D eigenvalue weighted by atomic mass is 19.1. The molecule has 166 valence electrons. The summed E-state index contributed by atoms with van der Waals surface area (Å²) in [5.74, 6) is -0.863. The predicted octanol–water partition coefficient (Wildman–Crippen LogP) is 4.86. The van der Waals surface area contributed by atoms with Gasteiger partial charge in [0.2, 0.25) is 5.91 Å². The van der Waals surface area contributed by atoms with Gasteiger partial charge in [-0.15, -0.1) is 0 Å². The number of fused-ring (bicyclic) bond motifs is 1. The van der Waals surface area contributed by atoms with Crippen LogP contribution in [0.15, 0.2) is 77.9 Å². The molecule has 2 N–H and O–H groups in total. The van der Waals surface area contributed by atoms with Gasteiger partial charge in [-0.05, 0) is 37.3 Å². The summed E-state index contributed by atoms with van der Waals surface area (Å²) in [6.45, 7) is 3.73. The van der Waals surface area contributed by atoms with Crippen LogP contribution in [0.1, 0.15) is 34.1 Å². The normalized spacial score (nSPS) is 11.1. The van der Waals surface area contributed by atoms with Crippen LogP contribution >= 0.6 is 0 Å². The Kier molecular flexibility index (Phi) is 6.31. The molecule has 0 aliphatic heterocycles. The molecular formula is C26H23FN4O2. The average molecular weight is 442 g/mol. The van der Waals surface area contributed by atoms with Crippen molar-refractivity contribution in [2.24, 2.45) is 5.10 Å². The number of nitrogens with zero attached hydrogens (tertiary/aromatic N) is 2. The number of hydrogen-bond donors (Lipinski definition) is 2. The number of halogens is 1. The van der Waals surface area contributed by atoms with Gasteiger partial charge in [0.05, 0.1) is 12.8 Å². The monoisotopic (exact) mass is 442 g/mol. The Labute approximate surface area is 190 Å². The maximum Gasteiger partial charge on any atom is 0.271 e. The van der Waals surface area contributed by atoms with E-state index < -0.39 is 5.91 Å². The third kappa shape index (κ3) is 4.82. The van der Waals surface area contributed by atoms with Crippen LogP contribution in [0.4, 0.5) is 10.1 Å². The number of amides is 2. The SMILES string of the molecule is CC(=O)Nc1cccc(C(=O)NN=Cc2c(C)n(Cc3ccccc3F)c3ccccc23)c1. The largest absolute Gasteiger partial charge is 0.340 e. The third-order valence-corrected chi connectivity index (χ3v) is 5.37. The van der Waals surface area contributed by atoms with E-state index in [1.54, 1.807) is 42.6 Å². The van der Waals surface area contributed by atoms with E-state index in [1.165, 1.54) is 13.0 Å². The molecule has 0 saturated carbocycles. The summed E-state index contributed by atoms with van der Waals surface area (Å²) in [7, 11) is 0. The number of aromatic nitrogens is 1. The van der Waals surface area contributed by atoms with Crippen LogP contribution in [-0.2, 0) is 11.3 Å². The summed E-state index contributed by atoms with van der Waals surface area (Å²) in [5, 5.41) is 7.76. The molecule has 0 atom stereocenters. The molecule has 0 bridgehead atoms. The maximum atomic E-state index is 14.3. The summed E-state index contributed by atoms with van der Waals surface area (Å²) >= 11 is 0. The van der Waals surface area contributed by atoms with Crippen molar-refractivity contribution >= 4 is 34.6 Å². The van der Waals surface area contributed by atoms with E-state index in [1.807, 2.05) is 41.8 Å². The lowest BCUT2D eigenvalue weighted by atomic mass is 10.1. The number of anilines is 1. The Morgan fingerprint density at radius 3 is 2.58 bits per heavy atom. The Morgan fingerprint density at radius 1 is 1.03 bits per heavy atom. The lowest BCUT2D eigenvalue weighted by molar-refractivity contribution is -0.114. The predicted molar refractivity (Wildman–Crippen MR) is 128 cm³/mol. The first-order chi connectivity index (χ1) is 15.9. The van der Waals surface area contributed by atoms with Crippen LogP contribution in [0.3, 0.4) is 0 Å². The Hall–Kier alpha value is -4.26. The minimum Gasteiger partial charge on any atom is -0.340 e. The number of hydrazone groups is 1. The molecule has 3 aromatic carbocycles. The number of para-hydroxylation sites is 1. The van der Waals surface area contributed by atoms with Gasteiger partial charge >= 0.3 is 0 Å². The van der Waals surface area contributed by atoms with Gasteiger partial charge in [-0.25, -0.2) is 9.82 Å². The van der Waals surface area contributed by atoms with Crippen LogP contribution in [0.25, 0.3) is 10.9 Å². The summed E-state index contributed by atoms with van der Waals surface area (Å²) in [6, 6.07) is 21.1. The van der Waals surface area contributed by atoms with Gasteiger partial charge in [0.25, 0.3) is 5.91 Å². The zero-order valence-electron chi connectivity index (χ0n) is 18.3. The molecule has 0 radical (unpaired) electrons. The van der Waals surface area contributed by atoms with Crippen LogP contribution in [0, 0.1) is 12.7 Å². The maximum absolute atomic E-state index is 14.3. The molecule has 1 heterocycles. The van der Waals surface area contributed by atoms with E-state index in [0.717, 1.165) is 22.2 Å². The van der Waals surface area contributed by atoms with Gasteiger partial charge < -0.3 is 9.88 Å². The van der Waals surface area contributed by atoms with E-state index >= 15 is 0 Å². The standard InChI is InChI=1S/C26H23FN4O2/c1-17-23(15-28-30-26(33)19-9-7-10-21(14-19)29-18(2)32)22-11-4-6-13-25(22)31(17)16-20-8-3-5-12-24(20)27/h3-15H,16H2,1-2H3,(H,29,32)(H,30,33). The minimum absolute atomic E-state index is 0.215. The molecular weight excluding hydrogens is 419 g/mol. The van der Waals surface area contributed by atoms with Crippen LogP contribution in [0.5, 0.6) is 0 Å². The number of carbonyl (C=O) groups is 2. The van der Waals surface area contributed by atoms with Gasteiger partial charge in [0.15, 0.2) is 0 Å². The molecule has 0 fully saturated rings. The second-order valence-corrected chi connectivity index (χ2v) is 7.65. The molecule has 0 unspecified atom stereocenters. The number of nitrogens with one attached hydrogen (secondary N) is 2. The highest BCUT2D eigenvalue weighted by Gasteiger charge is 2.14. The van der Waals surface area contributed by atoms with Crippen LogP contribution < -0.4 is 10.7 Å². The molecule has 1 aromatic heterocycles. The third-order valence-electron chi connectivity index (χ3n) is 5.37. The Balaban J connectivity index is 1.59. The van der Waals surface area contributed by atoms with Gasteiger partial charge in [-0.1, -0.05) is 42.5 Å². The second-order valence-electron chi connectivity index (χ2n) is 7.65. The van der Waals surface area contributed by atoms with Crippen molar-refractivity contribution in [1.82, 2.24) is 9.99 Å². The van der Waals surface area contributed by atoms with E-state index in [2.05, 4.69) is 15.8 Å². The van der Waals surface area contributed by atoms with Gasteiger partial charge in [0.1, 0.15) is 5.82 Å². The number of carbonyl (C=O) groups excluding carboxylic acids is 2. The number of hydrogen-bond acceptors (Lipinski definition) is 3. The fourth-order valence-electron chi connectivity index (χ4n) is 3.78. The van der Waals surface area contributed by atoms with Crippen molar-refractivity contribution in [2.45, 2.75) is 20.4 Å². The molecule has 6 nitrogen and oxygen atoms in total. The number of benzene rings is 3. The summed E-state index contributed by atoms with van der Waals surface area (Å²) < 4.78 is 16.3. The Morgan fingerprint density at radius 2 is 1.79 bits per heavy atom. The zero-order valence-corrected chi connectivity index (χ0v) is 18.3. The molecule has 2 amide bonds. The highest BCUT2D eigenvalue weighted by molar-refractivity contribution is 6.02. The van der Waals surface area contributed by atoms with Gasteiger partial charge in [0, 0.05) is 45.9 Å². The molecule has 0 aliphatic rings. The van der Waals surface area contributed by atoms with Crippen molar-refractivity contribution in [2.75, 3.05) is 5.32 Å². The van der Waals surface area contributed by atoms with Crippen LogP contribution in [0.2, 0.25) is 0 Å². The van der Waals surface area contributed by atoms with E-state index in [0.29, 0.717) is 23.4 Å². The molecule has 4 rings (SSSR count). The number of rotatable bonds is 6. The molecule has 0 spiro atoms. The molecule has 4 aromatic rings. The van der Waals surface area contributed by atoms with Crippen molar-refractivity contribution in [3.8, 4) is 0 Å². The quantitative estimate of drug-likeness (QED) is 0.331. The summed E-state index contributed by atoms with van der Waals surface area (Å²) in [4.78, 5) is 23.8. The summed E-state index contributed by atoms with van der Waals surface area (Å²) in [5.41, 5.74) is 6.74. The zero-order chi connectivity index (χ0) is 23.4. The highest BCUT2D eigenvalue weighted by Crippen LogP contribution is 2.26.